The lowest BCUT2D eigenvalue weighted by Gasteiger charge is -2.37. The lowest BCUT2D eigenvalue weighted by molar-refractivity contribution is -0.122. The number of hydrogen-bond acceptors (Lipinski definition) is 6. The van der Waals surface area contributed by atoms with Gasteiger partial charge in [0, 0.05) is 23.5 Å². The van der Waals surface area contributed by atoms with Gasteiger partial charge >= 0.3 is 0 Å². The predicted molar refractivity (Wildman–Crippen MR) is 97.9 cm³/mol. The Hall–Kier alpha value is -2.70. The molecule has 3 N–H and O–H groups in total. The molecule has 2 aromatic rings. The highest BCUT2D eigenvalue weighted by molar-refractivity contribution is 6.01. The van der Waals surface area contributed by atoms with Gasteiger partial charge in [-0.15, -0.1) is 0 Å². The van der Waals surface area contributed by atoms with E-state index in [4.69, 9.17) is 10.5 Å². The van der Waals surface area contributed by atoms with Gasteiger partial charge in [-0.3, -0.25) is 4.79 Å². The van der Waals surface area contributed by atoms with Crippen LogP contribution < -0.4 is 15.8 Å². The molecule has 2 aliphatic rings. The van der Waals surface area contributed by atoms with Crippen LogP contribution in [0.5, 0.6) is 5.88 Å². The number of methoxy groups -OCH3 is 1. The number of aryl methyl sites for hydroxylation is 1. The number of anilines is 2. The largest absolute Gasteiger partial charge is 0.481 e. The van der Waals surface area contributed by atoms with Crippen LogP contribution in [0.3, 0.4) is 0 Å². The molecule has 0 spiro atoms. The van der Waals surface area contributed by atoms with E-state index >= 15 is 0 Å². The number of carbonyl (C=O) groups is 1. The van der Waals surface area contributed by atoms with E-state index in [1.165, 1.54) is 12.8 Å². The Labute approximate surface area is 152 Å². The third-order valence-electron chi connectivity index (χ3n) is 5.55. The van der Waals surface area contributed by atoms with Crippen molar-refractivity contribution in [3.05, 3.63) is 35.2 Å². The van der Waals surface area contributed by atoms with E-state index in [0.29, 0.717) is 18.1 Å². The number of nitrogens with two attached hydrogens (primary N) is 1. The highest BCUT2D eigenvalue weighted by atomic mass is 16.5. The first-order valence-corrected chi connectivity index (χ1v) is 8.97. The molecule has 0 saturated heterocycles. The Morgan fingerprint density at radius 1 is 1.35 bits per heavy atom. The molecule has 1 saturated carbocycles. The van der Waals surface area contributed by atoms with Gasteiger partial charge in [0.2, 0.25) is 17.7 Å². The summed E-state index contributed by atoms with van der Waals surface area (Å²) in [5, 5.41) is 2.97. The van der Waals surface area contributed by atoms with E-state index in [9.17, 15) is 4.79 Å². The van der Waals surface area contributed by atoms with Gasteiger partial charge in [-0.1, -0.05) is 18.9 Å². The third kappa shape index (κ3) is 2.87. The van der Waals surface area contributed by atoms with Gasteiger partial charge in [-0.25, -0.2) is 9.97 Å². The molecular weight excluding hydrogens is 330 g/mol. The highest BCUT2D eigenvalue weighted by Crippen LogP contribution is 2.44. The minimum Gasteiger partial charge on any atom is -0.481 e. The van der Waals surface area contributed by atoms with Crippen LogP contribution >= 0.6 is 0 Å². The number of nitrogen functional groups attached to an aromatic ring is 1. The number of nitrogens with one attached hydrogen (secondary N) is 1. The van der Waals surface area contributed by atoms with E-state index in [1.54, 1.807) is 13.3 Å². The maximum atomic E-state index is 13.2. The van der Waals surface area contributed by atoms with E-state index in [0.717, 1.165) is 35.6 Å². The Morgan fingerprint density at radius 2 is 2.15 bits per heavy atom. The number of nitrogens with zero attached hydrogens (tertiary/aromatic N) is 3. The van der Waals surface area contributed by atoms with Gasteiger partial charge in [-0.2, -0.15) is 4.98 Å². The van der Waals surface area contributed by atoms with Crippen LogP contribution in [0.1, 0.15) is 42.5 Å². The van der Waals surface area contributed by atoms with Crippen molar-refractivity contribution in [3.8, 4) is 5.88 Å². The lowest BCUT2D eigenvalue weighted by Crippen LogP contribution is -2.46. The van der Waals surface area contributed by atoms with Crippen LogP contribution in [0.2, 0.25) is 0 Å². The molecule has 4 rings (SSSR count). The van der Waals surface area contributed by atoms with Crippen LogP contribution in [-0.2, 0) is 16.6 Å². The van der Waals surface area contributed by atoms with E-state index in [2.05, 4.69) is 20.3 Å². The molecule has 2 aromatic heterocycles. The summed E-state index contributed by atoms with van der Waals surface area (Å²) in [6.45, 7) is 1.91. The predicted octanol–water partition coefficient (Wildman–Crippen LogP) is 2.39. The Balaban J connectivity index is 1.77. The maximum absolute atomic E-state index is 13.2. The van der Waals surface area contributed by atoms with Gasteiger partial charge in [0.15, 0.2) is 0 Å². The standard InChI is InChI=1S/C19H23N5O2/c1-11-14-9-19(8-7-12-3-4-12,13-5-6-15(26-2)21-10-13)17(25)23-16(14)24-18(20)22-11/h5-6,10,12H,3-4,7-9H2,1-2H3,(H3,20,22,23,24,25). The van der Waals surface area contributed by atoms with Crippen LogP contribution in [0.4, 0.5) is 11.8 Å². The van der Waals surface area contributed by atoms with E-state index in [1.807, 2.05) is 19.1 Å². The zero-order chi connectivity index (χ0) is 18.3. The summed E-state index contributed by atoms with van der Waals surface area (Å²) in [5.74, 6) is 1.93. The second-order valence-electron chi connectivity index (χ2n) is 7.28. The van der Waals surface area contributed by atoms with E-state index < -0.39 is 5.41 Å². The van der Waals surface area contributed by atoms with Crippen molar-refractivity contribution in [1.29, 1.82) is 0 Å². The molecule has 7 nitrogen and oxygen atoms in total. The van der Waals surface area contributed by atoms with Gasteiger partial charge in [0.25, 0.3) is 0 Å². The smallest absolute Gasteiger partial charge is 0.236 e. The molecule has 1 unspecified atom stereocenters. The van der Waals surface area contributed by atoms with Crippen LogP contribution in [0, 0.1) is 12.8 Å². The number of amides is 1. The Bertz CT molecular complexity index is 848. The second-order valence-corrected chi connectivity index (χ2v) is 7.28. The third-order valence-corrected chi connectivity index (χ3v) is 5.55. The number of carbonyl (C=O) groups excluding carboxylic acids is 1. The average Bonchev–Trinajstić information content (AvgIpc) is 3.45. The molecule has 0 radical (unpaired) electrons. The molecule has 1 fully saturated rings. The molecule has 0 aromatic carbocycles. The first-order chi connectivity index (χ1) is 12.5. The summed E-state index contributed by atoms with van der Waals surface area (Å²) in [4.78, 5) is 26.1. The summed E-state index contributed by atoms with van der Waals surface area (Å²) in [6.07, 6.45) is 6.64. The minimum absolute atomic E-state index is 0.0462. The molecule has 136 valence electrons. The van der Waals surface area contributed by atoms with Crippen LogP contribution in [-0.4, -0.2) is 28.0 Å². The van der Waals surface area contributed by atoms with Crippen LogP contribution in [0.25, 0.3) is 0 Å². The van der Waals surface area contributed by atoms with Gasteiger partial charge in [0.1, 0.15) is 5.82 Å². The maximum Gasteiger partial charge on any atom is 0.236 e. The van der Waals surface area contributed by atoms with Crippen LogP contribution in [0.15, 0.2) is 18.3 Å². The fourth-order valence-corrected chi connectivity index (χ4v) is 3.76. The van der Waals surface area contributed by atoms with E-state index in [-0.39, 0.29) is 11.9 Å². The van der Waals surface area contributed by atoms with Crippen molar-refractivity contribution >= 4 is 17.7 Å². The Kier molecular flexibility index (Phi) is 4.01. The molecule has 1 aliphatic carbocycles. The second kappa shape index (κ2) is 6.23. The SMILES string of the molecule is COc1ccc(C2(CCC3CC3)Cc3c(C)nc(N)nc3NC2=O)cn1. The minimum atomic E-state index is -0.668. The van der Waals surface area contributed by atoms with Gasteiger partial charge in [0.05, 0.1) is 12.5 Å². The number of hydrogen-bond donors (Lipinski definition) is 2. The quantitative estimate of drug-likeness (QED) is 0.855. The summed E-state index contributed by atoms with van der Waals surface area (Å²) < 4.78 is 5.17. The molecule has 3 heterocycles. The van der Waals surface area contributed by atoms with Crippen molar-refractivity contribution in [2.75, 3.05) is 18.2 Å². The molecule has 1 aliphatic heterocycles. The number of aromatic nitrogens is 3. The average molecular weight is 353 g/mol. The van der Waals surface area contributed by atoms with Crippen molar-refractivity contribution < 1.29 is 9.53 Å². The van der Waals surface area contributed by atoms with Gasteiger partial charge < -0.3 is 15.8 Å². The fraction of sp³-hybridized carbons (Fsp3) is 0.474. The molecule has 1 atom stereocenters. The molecular formula is C19H23N5O2. The molecule has 26 heavy (non-hydrogen) atoms. The monoisotopic (exact) mass is 353 g/mol. The van der Waals surface area contributed by atoms with Crippen molar-refractivity contribution in [2.24, 2.45) is 5.92 Å². The number of pyridine rings is 1. The number of ether oxygens (including phenoxy) is 1. The van der Waals surface area contributed by atoms with Crippen molar-refractivity contribution in [1.82, 2.24) is 15.0 Å². The lowest BCUT2D eigenvalue weighted by atomic mass is 9.70. The first-order valence-electron chi connectivity index (χ1n) is 8.97. The normalized spacial score (nSPS) is 21.8. The highest BCUT2D eigenvalue weighted by Gasteiger charge is 2.46. The summed E-state index contributed by atoms with van der Waals surface area (Å²) >= 11 is 0. The zero-order valence-corrected chi connectivity index (χ0v) is 15.1. The van der Waals surface area contributed by atoms with Crippen molar-refractivity contribution in [2.45, 2.75) is 44.4 Å². The zero-order valence-electron chi connectivity index (χ0n) is 15.1. The number of rotatable bonds is 5. The summed E-state index contributed by atoms with van der Waals surface area (Å²) in [6, 6.07) is 3.75. The fourth-order valence-electron chi connectivity index (χ4n) is 3.76. The topological polar surface area (TPSA) is 103 Å². The molecule has 1 amide bonds. The first kappa shape index (κ1) is 16.8. The summed E-state index contributed by atoms with van der Waals surface area (Å²) in [5.41, 5.74) is 7.74. The molecule has 0 bridgehead atoms. The van der Waals surface area contributed by atoms with Crippen molar-refractivity contribution in [3.63, 3.8) is 0 Å². The summed E-state index contributed by atoms with van der Waals surface area (Å²) in [7, 11) is 1.58. The van der Waals surface area contributed by atoms with Gasteiger partial charge in [-0.05, 0) is 37.7 Å². The Morgan fingerprint density at radius 3 is 2.81 bits per heavy atom. The number of fused-ring (bicyclic) bond motifs is 1. The molecule has 7 heteroatoms.